The van der Waals surface area contributed by atoms with Gasteiger partial charge in [-0.1, -0.05) is 74.5 Å². The van der Waals surface area contributed by atoms with E-state index in [4.69, 9.17) is 5.73 Å². The molecule has 344 valence electrons. The molecule has 0 saturated carbocycles. The lowest BCUT2D eigenvalue weighted by Crippen LogP contribution is -2.60. The Kier molecular flexibility index (Phi) is 21.3. The van der Waals surface area contributed by atoms with Crippen molar-refractivity contribution in [2.75, 3.05) is 13.2 Å². The highest BCUT2D eigenvalue weighted by Crippen LogP contribution is 2.08. The first kappa shape index (κ1) is 52.2. The predicted molar refractivity (Wildman–Crippen MR) is 219 cm³/mol. The number of carboxylic acid groups (broad SMARTS) is 3. The summed E-state index contributed by atoms with van der Waals surface area (Å²) in [5.41, 5.74) is 7.11. The maximum Gasteiger partial charge on any atom is 0.326 e. The number of hydrogen-bond acceptors (Lipinski definition) is 13. The monoisotopic (exact) mass is 886 g/mol. The van der Waals surface area contributed by atoms with Gasteiger partial charge in [0, 0.05) is 6.42 Å². The normalized spacial score (nSPS) is 14.7. The Morgan fingerprint density at radius 3 is 1.43 bits per heavy atom. The van der Waals surface area contributed by atoms with Crippen molar-refractivity contribution in [1.29, 1.82) is 0 Å². The molecule has 0 bridgehead atoms. The zero-order valence-corrected chi connectivity index (χ0v) is 34.6. The van der Waals surface area contributed by atoms with Gasteiger partial charge in [-0.3, -0.25) is 43.2 Å². The van der Waals surface area contributed by atoms with Gasteiger partial charge in [0.05, 0.1) is 38.1 Å². The van der Waals surface area contributed by atoms with Gasteiger partial charge in [-0.25, -0.2) is 4.79 Å². The molecular weight excluding hydrogens is 832 g/mol. The Morgan fingerprint density at radius 1 is 0.540 bits per heavy atom. The van der Waals surface area contributed by atoms with Crippen LogP contribution in [0.3, 0.4) is 0 Å². The molecule has 14 N–H and O–H groups in total. The number of aliphatic carboxylic acids is 3. The quantitative estimate of drug-likeness (QED) is 0.0427. The minimum absolute atomic E-state index is 0.101. The van der Waals surface area contributed by atoms with Gasteiger partial charge in [-0.2, -0.15) is 0 Å². The van der Waals surface area contributed by atoms with Crippen molar-refractivity contribution in [3.8, 4) is 0 Å². The van der Waals surface area contributed by atoms with Crippen LogP contribution in [-0.2, 0) is 60.8 Å². The molecule has 0 aliphatic heterocycles. The summed E-state index contributed by atoms with van der Waals surface area (Å²) >= 11 is 0. The van der Waals surface area contributed by atoms with E-state index < -0.39 is 140 Å². The summed E-state index contributed by atoms with van der Waals surface area (Å²) < 4.78 is 0. The second-order valence-corrected chi connectivity index (χ2v) is 14.7. The van der Waals surface area contributed by atoms with Gasteiger partial charge in [-0.05, 0) is 30.4 Å². The molecule has 23 nitrogen and oxygen atoms in total. The van der Waals surface area contributed by atoms with Crippen molar-refractivity contribution < 1.29 is 73.5 Å². The number of aliphatic hydroxyl groups excluding tert-OH is 2. The van der Waals surface area contributed by atoms with E-state index in [9.17, 15) is 73.5 Å². The molecule has 0 saturated heterocycles. The van der Waals surface area contributed by atoms with Crippen LogP contribution in [0, 0.1) is 5.92 Å². The first-order chi connectivity index (χ1) is 29.6. The van der Waals surface area contributed by atoms with Gasteiger partial charge in [0.25, 0.3) is 0 Å². The van der Waals surface area contributed by atoms with E-state index in [1.807, 2.05) is 0 Å². The Bertz CT molecular complexity index is 1930. The van der Waals surface area contributed by atoms with E-state index in [1.165, 1.54) is 20.8 Å². The fourth-order valence-corrected chi connectivity index (χ4v) is 5.75. The number of benzene rings is 2. The van der Waals surface area contributed by atoms with Crippen molar-refractivity contribution in [1.82, 2.24) is 37.2 Å². The van der Waals surface area contributed by atoms with Crippen LogP contribution in [-0.4, -0.2) is 146 Å². The van der Waals surface area contributed by atoms with Crippen LogP contribution in [0.25, 0.3) is 0 Å². The summed E-state index contributed by atoms with van der Waals surface area (Å²) in [6.07, 6.45) is -3.85. The molecule has 0 aliphatic carbocycles. The average molecular weight is 887 g/mol. The molecule has 0 radical (unpaired) electrons. The highest BCUT2D eigenvalue weighted by molar-refractivity contribution is 5.98. The molecule has 0 aromatic heterocycles. The van der Waals surface area contributed by atoms with E-state index in [2.05, 4.69) is 37.2 Å². The van der Waals surface area contributed by atoms with Crippen molar-refractivity contribution in [2.24, 2.45) is 11.7 Å². The van der Waals surface area contributed by atoms with E-state index >= 15 is 0 Å². The fourth-order valence-electron chi connectivity index (χ4n) is 5.75. The van der Waals surface area contributed by atoms with Crippen molar-refractivity contribution in [3.63, 3.8) is 0 Å². The van der Waals surface area contributed by atoms with Crippen molar-refractivity contribution in [3.05, 3.63) is 71.8 Å². The minimum atomic E-state index is -1.96. The SMILES string of the molecule is CC(C)[C@H](NC(=O)[C@H](CO)NC(=O)[C@H](CC(=O)O)NC(=O)[C@H](Cc1ccccc1)NC(=O)[C@H](CC(=O)O)NC(=O)CNC(=O)[C@@H](NC(=O)[C@@H](N)Cc1ccccc1)[C@@H](C)O)C(=O)O. The Balaban J connectivity index is 2.24. The van der Waals surface area contributed by atoms with Gasteiger partial charge < -0.3 is 68.5 Å². The third kappa shape index (κ3) is 18.3. The van der Waals surface area contributed by atoms with E-state index in [-0.39, 0.29) is 12.8 Å². The number of hydrogen-bond donors (Lipinski definition) is 13. The highest BCUT2D eigenvalue weighted by atomic mass is 16.4. The topological polar surface area (TPSA) is 382 Å². The molecule has 0 heterocycles. The number of carboxylic acids is 3. The molecule has 2 rings (SSSR count). The number of carbonyl (C=O) groups excluding carboxylic acids is 7. The van der Waals surface area contributed by atoms with E-state index in [1.54, 1.807) is 60.7 Å². The Morgan fingerprint density at radius 2 is 0.968 bits per heavy atom. The number of carbonyl (C=O) groups is 10. The molecule has 0 aliphatic rings. The van der Waals surface area contributed by atoms with Gasteiger partial charge in [0.2, 0.25) is 41.4 Å². The van der Waals surface area contributed by atoms with Crippen LogP contribution in [0.1, 0.15) is 44.7 Å². The number of rotatable bonds is 26. The zero-order valence-electron chi connectivity index (χ0n) is 34.6. The minimum Gasteiger partial charge on any atom is -0.481 e. The maximum absolute atomic E-state index is 13.7. The summed E-state index contributed by atoms with van der Waals surface area (Å²) in [5, 5.41) is 63.8. The molecular formula is C40H54N8O15. The third-order valence-electron chi connectivity index (χ3n) is 9.12. The molecule has 2 aromatic rings. The van der Waals surface area contributed by atoms with Crippen LogP contribution in [0.15, 0.2) is 60.7 Å². The van der Waals surface area contributed by atoms with E-state index in [0.717, 1.165) is 5.56 Å². The van der Waals surface area contributed by atoms with Crippen LogP contribution >= 0.6 is 0 Å². The predicted octanol–water partition coefficient (Wildman–Crippen LogP) is -4.11. The smallest absolute Gasteiger partial charge is 0.326 e. The molecule has 2 aromatic carbocycles. The fraction of sp³-hybridized carbons (Fsp3) is 0.450. The second kappa shape index (κ2) is 25.7. The molecule has 0 spiro atoms. The summed E-state index contributed by atoms with van der Waals surface area (Å²) in [4.78, 5) is 127. The van der Waals surface area contributed by atoms with Gasteiger partial charge in [0.1, 0.15) is 36.3 Å². The second-order valence-electron chi connectivity index (χ2n) is 14.7. The first-order valence-electron chi connectivity index (χ1n) is 19.5. The summed E-state index contributed by atoms with van der Waals surface area (Å²) in [6.45, 7) is 2.20. The number of amides is 7. The molecule has 63 heavy (non-hydrogen) atoms. The van der Waals surface area contributed by atoms with Crippen molar-refractivity contribution in [2.45, 2.75) is 94.9 Å². The highest BCUT2D eigenvalue weighted by Gasteiger charge is 2.35. The lowest BCUT2D eigenvalue weighted by atomic mass is 10.0. The van der Waals surface area contributed by atoms with Crippen LogP contribution in [0.2, 0.25) is 0 Å². The maximum atomic E-state index is 13.7. The lowest BCUT2D eigenvalue weighted by molar-refractivity contribution is -0.144. The summed E-state index contributed by atoms with van der Waals surface area (Å²) in [7, 11) is 0. The summed E-state index contributed by atoms with van der Waals surface area (Å²) in [5.74, 6) is -13.0. The number of nitrogens with one attached hydrogen (secondary N) is 7. The van der Waals surface area contributed by atoms with Crippen molar-refractivity contribution >= 4 is 59.3 Å². The standard InChI is InChI=1S/C40H54N8O15/c1-20(2)32(40(62)63)47-38(60)28(19-49)46-37(59)27(17-31(54)55)45-35(57)25(15-23-12-8-5-9-13-23)44-36(58)26(16-30(52)53)43-29(51)18-42-39(61)33(21(3)50)48-34(56)24(41)14-22-10-6-4-7-11-22/h4-13,20-21,24-28,32-33,49-50H,14-19,41H2,1-3H3,(H,42,61)(H,43,51)(H,44,58)(H,45,57)(H,46,59)(H,47,60)(H,48,56)(H,52,53)(H,54,55)(H,62,63)/t21-,24+,25+,26+,27+,28+,32+,33+/m1/s1. The largest absolute Gasteiger partial charge is 0.481 e. The van der Waals surface area contributed by atoms with Gasteiger partial charge >= 0.3 is 17.9 Å². The average Bonchev–Trinajstić information content (AvgIpc) is 3.21. The van der Waals surface area contributed by atoms with E-state index in [0.29, 0.717) is 5.56 Å². The third-order valence-corrected chi connectivity index (χ3v) is 9.12. The number of aliphatic hydroxyl groups is 2. The molecule has 0 fully saturated rings. The molecule has 7 amide bonds. The molecule has 8 atom stereocenters. The van der Waals surface area contributed by atoms with Crippen LogP contribution in [0.5, 0.6) is 0 Å². The Labute approximate surface area is 360 Å². The zero-order chi connectivity index (χ0) is 47.4. The summed E-state index contributed by atoms with van der Waals surface area (Å²) in [6, 6.07) is 5.12. The van der Waals surface area contributed by atoms with Crippen LogP contribution in [0.4, 0.5) is 0 Å². The molecule has 23 heteroatoms. The first-order valence-corrected chi connectivity index (χ1v) is 19.5. The van der Waals surface area contributed by atoms with Crippen LogP contribution < -0.4 is 43.0 Å². The van der Waals surface area contributed by atoms with Gasteiger partial charge in [0.15, 0.2) is 0 Å². The molecule has 0 unspecified atom stereocenters. The number of nitrogens with two attached hydrogens (primary N) is 1. The lowest BCUT2D eigenvalue weighted by Gasteiger charge is -2.26. The van der Waals surface area contributed by atoms with Gasteiger partial charge in [-0.15, -0.1) is 0 Å². The Hall–Kier alpha value is -6.98.